The smallest absolute Gasteiger partial charge is 0.226 e. The minimum absolute atomic E-state index is 0.555. The van der Waals surface area contributed by atoms with Crippen molar-refractivity contribution in [2.45, 2.75) is 13.5 Å². The fourth-order valence-corrected chi connectivity index (χ4v) is 1.63. The second-order valence-electron chi connectivity index (χ2n) is 4.03. The summed E-state index contributed by atoms with van der Waals surface area (Å²) in [5, 5.41) is 6.17. The molecule has 100 valence electrons. The average Bonchev–Trinajstić information content (AvgIpc) is 2.44. The normalized spacial score (nSPS) is 10.1. The highest BCUT2D eigenvalue weighted by molar-refractivity contribution is 5.38. The van der Waals surface area contributed by atoms with Crippen molar-refractivity contribution in [1.29, 1.82) is 0 Å². The van der Waals surface area contributed by atoms with Crippen molar-refractivity contribution in [3.05, 3.63) is 35.7 Å². The van der Waals surface area contributed by atoms with Gasteiger partial charge in [-0.1, -0.05) is 0 Å². The average molecular weight is 259 g/mol. The number of anilines is 2. The fourth-order valence-electron chi connectivity index (χ4n) is 1.63. The van der Waals surface area contributed by atoms with E-state index in [1.807, 2.05) is 26.1 Å². The summed E-state index contributed by atoms with van der Waals surface area (Å²) in [4.78, 5) is 12.7. The lowest BCUT2D eigenvalue weighted by Gasteiger charge is -2.08. The number of rotatable bonds is 5. The number of nitrogens with one attached hydrogen (secondary N) is 2. The Kier molecular flexibility index (Phi) is 4.12. The van der Waals surface area contributed by atoms with E-state index in [-0.39, 0.29) is 0 Å². The van der Waals surface area contributed by atoms with E-state index in [4.69, 9.17) is 4.74 Å². The highest BCUT2D eigenvalue weighted by atomic mass is 16.5. The highest BCUT2D eigenvalue weighted by Gasteiger charge is 2.02. The Labute approximate surface area is 112 Å². The van der Waals surface area contributed by atoms with E-state index in [1.54, 1.807) is 19.4 Å². The molecule has 0 saturated carbocycles. The van der Waals surface area contributed by atoms with Crippen LogP contribution in [-0.2, 0) is 6.54 Å². The Morgan fingerprint density at radius 3 is 2.84 bits per heavy atom. The summed E-state index contributed by atoms with van der Waals surface area (Å²) in [5.74, 6) is 1.95. The van der Waals surface area contributed by atoms with Crippen LogP contribution in [0.15, 0.2) is 24.4 Å². The monoisotopic (exact) mass is 259 g/mol. The molecule has 2 aromatic heterocycles. The van der Waals surface area contributed by atoms with Crippen LogP contribution in [-0.4, -0.2) is 29.1 Å². The van der Waals surface area contributed by atoms with Gasteiger partial charge in [0.1, 0.15) is 5.82 Å². The molecule has 0 aliphatic rings. The lowest BCUT2D eigenvalue weighted by atomic mass is 10.2. The molecule has 0 aliphatic heterocycles. The Bertz CT molecular complexity index is 558. The number of hydrogen-bond acceptors (Lipinski definition) is 6. The van der Waals surface area contributed by atoms with Gasteiger partial charge in [-0.05, 0) is 24.6 Å². The first kappa shape index (κ1) is 13.1. The second kappa shape index (κ2) is 5.99. The van der Waals surface area contributed by atoms with Crippen LogP contribution in [0.5, 0.6) is 5.88 Å². The summed E-state index contributed by atoms with van der Waals surface area (Å²) < 4.78 is 5.11. The molecule has 0 aliphatic carbocycles. The van der Waals surface area contributed by atoms with Crippen molar-refractivity contribution >= 4 is 11.8 Å². The molecule has 2 rings (SSSR count). The first-order valence-corrected chi connectivity index (χ1v) is 5.97. The van der Waals surface area contributed by atoms with Gasteiger partial charge in [0.25, 0.3) is 0 Å². The number of nitrogens with zero attached hydrogens (tertiary/aromatic N) is 3. The van der Waals surface area contributed by atoms with Crippen LogP contribution in [0.2, 0.25) is 0 Å². The molecule has 0 atom stereocenters. The van der Waals surface area contributed by atoms with Gasteiger partial charge in [0.15, 0.2) is 0 Å². The molecule has 0 fully saturated rings. The van der Waals surface area contributed by atoms with Crippen LogP contribution in [0.1, 0.15) is 11.3 Å². The van der Waals surface area contributed by atoms with Crippen LogP contribution in [0.3, 0.4) is 0 Å². The highest BCUT2D eigenvalue weighted by Crippen LogP contribution is 2.13. The zero-order valence-electron chi connectivity index (χ0n) is 11.3. The number of aryl methyl sites for hydroxylation is 1. The van der Waals surface area contributed by atoms with Crippen molar-refractivity contribution in [2.75, 3.05) is 24.8 Å². The van der Waals surface area contributed by atoms with Gasteiger partial charge in [-0.15, -0.1) is 0 Å². The van der Waals surface area contributed by atoms with Gasteiger partial charge in [0, 0.05) is 31.5 Å². The SMILES string of the molecule is CNc1cc(CNc2nc(C)cc(OC)n2)ccn1. The Balaban J connectivity index is 2.07. The molecular formula is C13H17N5O. The van der Waals surface area contributed by atoms with Gasteiger partial charge in [0.05, 0.1) is 7.11 Å². The predicted octanol–water partition coefficient (Wildman–Crippen LogP) is 1.84. The van der Waals surface area contributed by atoms with Gasteiger partial charge in [0.2, 0.25) is 11.8 Å². The second-order valence-corrected chi connectivity index (χ2v) is 4.03. The van der Waals surface area contributed by atoms with Crippen molar-refractivity contribution in [1.82, 2.24) is 15.0 Å². The number of ether oxygens (including phenoxy) is 1. The fraction of sp³-hybridized carbons (Fsp3) is 0.308. The van der Waals surface area contributed by atoms with E-state index in [0.717, 1.165) is 17.1 Å². The molecule has 0 amide bonds. The van der Waals surface area contributed by atoms with E-state index in [2.05, 4.69) is 25.6 Å². The summed E-state index contributed by atoms with van der Waals surface area (Å²) in [6.45, 7) is 2.53. The molecule has 0 radical (unpaired) electrons. The molecule has 0 bridgehead atoms. The van der Waals surface area contributed by atoms with E-state index in [1.165, 1.54) is 0 Å². The zero-order valence-corrected chi connectivity index (χ0v) is 11.3. The molecule has 0 saturated heterocycles. The van der Waals surface area contributed by atoms with Gasteiger partial charge < -0.3 is 15.4 Å². The number of methoxy groups -OCH3 is 1. The Hall–Kier alpha value is -2.37. The summed E-state index contributed by atoms with van der Waals surface area (Å²) in [6.07, 6.45) is 1.76. The molecule has 2 aromatic rings. The van der Waals surface area contributed by atoms with E-state index in [0.29, 0.717) is 18.4 Å². The quantitative estimate of drug-likeness (QED) is 0.853. The molecule has 0 aromatic carbocycles. The van der Waals surface area contributed by atoms with Crippen LogP contribution >= 0.6 is 0 Å². The third-order valence-corrected chi connectivity index (χ3v) is 2.57. The summed E-state index contributed by atoms with van der Waals surface area (Å²) in [7, 11) is 3.43. The number of hydrogen-bond donors (Lipinski definition) is 2. The minimum atomic E-state index is 0.555. The molecule has 0 unspecified atom stereocenters. The van der Waals surface area contributed by atoms with Crippen LogP contribution in [0.4, 0.5) is 11.8 Å². The third kappa shape index (κ3) is 3.54. The van der Waals surface area contributed by atoms with Gasteiger partial charge in [-0.2, -0.15) is 4.98 Å². The number of aromatic nitrogens is 3. The zero-order chi connectivity index (χ0) is 13.7. The van der Waals surface area contributed by atoms with E-state index in [9.17, 15) is 0 Å². The first-order valence-electron chi connectivity index (χ1n) is 5.97. The molecule has 2 N–H and O–H groups in total. The molecule has 19 heavy (non-hydrogen) atoms. The molecule has 2 heterocycles. The van der Waals surface area contributed by atoms with Gasteiger partial charge >= 0.3 is 0 Å². The van der Waals surface area contributed by atoms with Gasteiger partial charge in [-0.3, -0.25) is 0 Å². The van der Waals surface area contributed by atoms with Crippen LogP contribution in [0, 0.1) is 6.92 Å². The Morgan fingerprint density at radius 2 is 2.11 bits per heavy atom. The topological polar surface area (TPSA) is 72.0 Å². The lowest BCUT2D eigenvalue weighted by molar-refractivity contribution is 0.397. The third-order valence-electron chi connectivity index (χ3n) is 2.57. The molecular weight excluding hydrogens is 242 g/mol. The number of pyridine rings is 1. The van der Waals surface area contributed by atoms with Crippen molar-refractivity contribution < 1.29 is 4.74 Å². The van der Waals surface area contributed by atoms with Crippen molar-refractivity contribution in [3.8, 4) is 5.88 Å². The molecule has 6 nitrogen and oxygen atoms in total. The van der Waals surface area contributed by atoms with E-state index < -0.39 is 0 Å². The van der Waals surface area contributed by atoms with Crippen molar-refractivity contribution in [3.63, 3.8) is 0 Å². The summed E-state index contributed by atoms with van der Waals surface area (Å²) in [6, 6.07) is 5.71. The maximum absolute atomic E-state index is 5.11. The largest absolute Gasteiger partial charge is 0.481 e. The maximum atomic E-state index is 5.11. The first-order chi connectivity index (χ1) is 9.21. The summed E-state index contributed by atoms with van der Waals surface area (Å²) in [5.41, 5.74) is 1.96. The standard InChI is InChI=1S/C13H17N5O/c1-9-6-12(19-3)18-13(17-9)16-8-10-4-5-15-11(7-10)14-2/h4-7H,8H2,1-3H3,(H,14,15)(H,16,17,18). The van der Waals surface area contributed by atoms with Crippen LogP contribution in [0.25, 0.3) is 0 Å². The molecule has 0 spiro atoms. The van der Waals surface area contributed by atoms with Crippen LogP contribution < -0.4 is 15.4 Å². The van der Waals surface area contributed by atoms with Crippen molar-refractivity contribution in [2.24, 2.45) is 0 Å². The predicted molar refractivity (Wildman–Crippen MR) is 74.4 cm³/mol. The lowest BCUT2D eigenvalue weighted by Crippen LogP contribution is -2.06. The van der Waals surface area contributed by atoms with Gasteiger partial charge in [-0.25, -0.2) is 9.97 Å². The maximum Gasteiger partial charge on any atom is 0.226 e. The minimum Gasteiger partial charge on any atom is -0.481 e. The van der Waals surface area contributed by atoms with E-state index >= 15 is 0 Å². The molecule has 6 heteroatoms. The Morgan fingerprint density at radius 1 is 1.26 bits per heavy atom. The summed E-state index contributed by atoms with van der Waals surface area (Å²) >= 11 is 0.